The number of carbonyl (C=O) groups is 4. The number of nitrogens with two attached hydrogens (primary N) is 8. The van der Waals surface area contributed by atoms with Crippen molar-refractivity contribution in [3.8, 4) is 0 Å². The average Bonchev–Trinajstić information content (AvgIpc) is 0.835. The summed E-state index contributed by atoms with van der Waals surface area (Å²) >= 11 is 5.94. The van der Waals surface area contributed by atoms with Crippen LogP contribution in [-0.2, 0) is 69.5 Å². The Morgan fingerprint density at radius 2 is 0.596 bits per heavy atom. The molecule has 0 fully saturated rings. The number of aryl methyl sites for hydroxylation is 4. The lowest BCUT2D eigenvalue weighted by Crippen LogP contribution is -2.35. The third-order valence-electron chi connectivity index (χ3n) is 29.1. The third kappa shape index (κ3) is 28.1. The molecule has 732 valence electrons. The highest BCUT2D eigenvalue weighted by Crippen LogP contribution is 2.51. The maximum Gasteiger partial charge on any atom is 0.289 e. The maximum absolute atomic E-state index is 13.9. The summed E-state index contributed by atoms with van der Waals surface area (Å²) in [5.74, 6) is 0.766. The lowest BCUT2D eigenvalue weighted by molar-refractivity contribution is 0.0705. The predicted molar refractivity (Wildman–Crippen MR) is 563 cm³/mol. The lowest BCUT2D eigenvalue weighted by atomic mass is 9.62. The fourth-order valence-corrected chi connectivity index (χ4v) is 19.7. The summed E-state index contributed by atoms with van der Waals surface area (Å²) in [5.41, 5.74) is 67.9. The molecule has 0 bridgehead atoms. The predicted octanol–water partition coefficient (Wildman–Crippen LogP) is 21.0. The smallest absolute Gasteiger partial charge is 0.289 e. The molecule has 23 heteroatoms. The first kappa shape index (κ1) is 107. The van der Waals surface area contributed by atoms with Gasteiger partial charge in [-0.15, -0.1) is 0 Å². The summed E-state index contributed by atoms with van der Waals surface area (Å²) in [7, 11) is 0. The van der Waals surface area contributed by atoms with Crippen LogP contribution < -0.4 is 45.9 Å². The fraction of sp³-hybridized carbons (Fsp3) is 0.496. The molecule has 2 heterocycles. The van der Waals surface area contributed by atoms with Crippen LogP contribution in [-0.4, -0.2) is 124 Å². The molecule has 2 aromatic heterocycles. The molecule has 22 nitrogen and oxygen atoms in total. The molecule has 0 atom stereocenters. The number of aliphatic imine (C=N–C) groups is 4. The Kier molecular flexibility index (Phi) is 35.7. The zero-order chi connectivity index (χ0) is 99.6. The molecule has 7 aromatic carbocycles. The molecule has 4 amide bonds. The Morgan fingerprint density at radius 1 is 0.316 bits per heavy atom. The molecule has 9 aromatic rings. The minimum absolute atomic E-state index is 0.0530. The van der Waals surface area contributed by atoms with Crippen LogP contribution in [0.2, 0.25) is 5.15 Å². The van der Waals surface area contributed by atoms with Crippen LogP contribution >= 0.6 is 11.6 Å². The Hall–Kier alpha value is -11.5. The Bertz CT molecular complexity index is 5750. The number of carbonyl (C=O) groups excluding carboxylic acids is 4. The summed E-state index contributed by atoms with van der Waals surface area (Å²) in [6, 6.07) is 49.4. The number of aromatic nitrogens is 1. The van der Waals surface area contributed by atoms with Gasteiger partial charge in [-0.1, -0.05) is 219 Å². The largest absolute Gasteiger partial charge is 0.459 e. The number of furan rings is 1. The molecule has 0 spiro atoms. The van der Waals surface area contributed by atoms with Gasteiger partial charge in [0.15, 0.2) is 29.6 Å². The van der Waals surface area contributed by atoms with Crippen molar-refractivity contribution in [1.29, 1.82) is 0 Å². The zero-order valence-corrected chi connectivity index (χ0v) is 86.1. The molecule has 0 saturated carbocycles. The van der Waals surface area contributed by atoms with E-state index in [2.05, 4.69) is 224 Å². The number of unbranched alkanes of at least 4 members (excludes halogenated alkanes) is 4. The summed E-state index contributed by atoms with van der Waals surface area (Å²) < 4.78 is 5.41. The quantitative estimate of drug-likeness (QED) is 0.00841. The van der Waals surface area contributed by atoms with E-state index < -0.39 is 0 Å². The highest BCUT2D eigenvalue weighted by molar-refractivity contribution is 6.29. The van der Waals surface area contributed by atoms with Crippen LogP contribution in [0.3, 0.4) is 0 Å². The lowest BCUT2D eigenvalue weighted by Gasteiger charge is -2.42. The monoisotopic (exact) mass is 1870 g/mol. The highest BCUT2D eigenvalue weighted by atomic mass is 35.5. The van der Waals surface area contributed by atoms with Gasteiger partial charge in [0.1, 0.15) is 5.15 Å². The summed E-state index contributed by atoms with van der Waals surface area (Å²) in [6.45, 7) is 53.2. The SMILES string of the molecule is Cc1cc2c(cc1CN(CCCCN=C(N)N)C(=O)c1ccc(Cl)nc1)C(C)(C)CCC2(C)C.Cc1cc2c(cc1CN(CCCCN=C(N)N)C(=O)c1ccc3ccccc3c1)C(C)(C)CCC2(C)C.Cc1cc2c(cc1CN(CCCCN=C(N)N)C(=O)c1ccccc1)C(C)(C)CCC2(C)C.Cc1cc2c(cc1CN(CCCCN=C(N)N)C(=O)c1ccco1)C(C)(C)CCC2(C)C. The van der Waals surface area contributed by atoms with Gasteiger partial charge in [0, 0.05) is 95.9 Å². The van der Waals surface area contributed by atoms with Crippen molar-refractivity contribution in [2.75, 3.05) is 52.4 Å². The highest BCUT2D eigenvalue weighted by Gasteiger charge is 2.43. The van der Waals surface area contributed by atoms with Gasteiger partial charge in [0.25, 0.3) is 23.6 Å². The van der Waals surface area contributed by atoms with Gasteiger partial charge in [0.2, 0.25) is 0 Å². The van der Waals surface area contributed by atoms with Crippen molar-refractivity contribution in [2.24, 2.45) is 65.8 Å². The molecule has 0 radical (unpaired) electrons. The van der Waals surface area contributed by atoms with Gasteiger partial charge >= 0.3 is 0 Å². The summed E-state index contributed by atoms with van der Waals surface area (Å²) in [4.78, 5) is 82.0. The number of hydrogen-bond acceptors (Lipinski definition) is 10. The summed E-state index contributed by atoms with van der Waals surface area (Å²) in [6.07, 6.45) is 19.0. The Balaban J connectivity index is 0.000000188. The fourth-order valence-electron chi connectivity index (χ4n) is 19.6. The van der Waals surface area contributed by atoms with E-state index in [-0.39, 0.29) is 90.8 Å². The topological polar surface area (TPSA) is 365 Å². The van der Waals surface area contributed by atoms with E-state index in [0.29, 0.717) is 95.0 Å². The van der Waals surface area contributed by atoms with Crippen LogP contribution in [0.4, 0.5) is 0 Å². The molecule has 0 aliphatic heterocycles. The second-order valence-electron chi connectivity index (χ2n) is 43.6. The van der Waals surface area contributed by atoms with Crippen LogP contribution in [0, 0.1) is 27.7 Å². The number of pyridine rings is 1. The molecule has 4 aliphatic rings. The van der Waals surface area contributed by atoms with Crippen molar-refractivity contribution in [3.05, 3.63) is 275 Å². The van der Waals surface area contributed by atoms with Crippen molar-refractivity contribution >= 4 is 69.8 Å². The molecule has 0 unspecified atom stereocenters. The first-order valence-corrected chi connectivity index (χ1v) is 49.4. The van der Waals surface area contributed by atoms with Crippen molar-refractivity contribution in [1.82, 2.24) is 24.6 Å². The number of rotatable bonds is 32. The van der Waals surface area contributed by atoms with E-state index in [9.17, 15) is 19.2 Å². The molecular formula is C113H158ClN17O5. The first-order chi connectivity index (χ1) is 63.9. The minimum Gasteiger partial charge on any atom is -0.459 e. The minimum atomic E-state index is -0.0893. The van der Waals surface area contributed by atoms with E-state index in [1.165, 1.54) is 128 Å². The number of nitrogens with zero attached hydrogens (tertiary/aromatic N) is 9. The molecule has 4 aliphatic carbocycles. The van der Waals surface area contributed by atoms with E-state index in [4.69, 9.17) is 61.9 Å². The molecule has 136 heavy (non-hydrogen) atoms. The summed E-state index contributed by atoms with van der Waals surface area (Å²) in [5, 5.41) is 2.59. The third-order valence-corrected chi connectivity index (χ3v) is 29.3. The van der Waals surface area contributed by atoms with Gasteiger partial charge in [0.05, 0.1) is 11.8 Å². The zero-order valence-electron chi connectivity index (χ0n) is 85.4. The van der Waals surface area contributed by atoms with Crippen LogP contribution in [0.1, 0.15) is 344 Å². The van der Waals surface area contributed by atoms with Crippen LogP contribution in [0.15, 0.2) is 182 Å². The van der Waals surface area contributed by atoms with Gasteiger partial charge < -0.3 is 69.9 Å². The number of halogens is 1. The van der Waals surface area contributed by atoms with Gasteiger partial charge in [-0.05, 0) is 322 Å². The average molecular weight is 1870 g/mol. The number of fused-ring (bicyclic) bond motifs is 5. The van der Waals surface area contributed by atoms with E-state index in [1.807, 2.05) is 80.3 Å². The van der Waals surface area contributed by atoms with Crippen LogP contribution in [0.25, 0.3) is 10.8 Å². The van der Waals surface area contributed by atoms with Gasteiger partial charge in [-0.25, -0.2) is 4.98 Å². The van der Waals surface area contributed by atoms with Crippen molar-refractivity contribution in [2.45, 2.75) is 311 Å². The Morgan fingerprint density at radius 3 is 0.890 bits per heavy atom. The van der Waals surface area contributed by atoms with Crippen molar-refractivity contribution in [3.63, 3.8) is 0 Å². The van der Waals surface area contributed by atoms with E-state index in [1.54, 1.807) is 36.7 Å². The van der Waals surface area contributed by atoms with Crippen LogP contribution in [0.5, 0.6) is 0 Å². The normalized spacial score (nSPS) is 16.0. The molecule has 16 N–H and O–H groups in total. The van der Waals surface area contributed by atoms with Crippen molar-refractivity contribution < 1.29 is 23.6 Å². The first-order valence-electron chi connectivity index (χ1n) is 49.1. The van der Waals surface area contributed by atoms with Gasteiger partial charge in [-0.3, -0.25) is 39.1 Å². The van der Waals surface area contributed by atoms with Gasteiger partial charge in [-0.2, -0.15) is 0 Å². The number of benzene rings is 7. The molecule has 0 saturated heterocycles. The number of guanidine groups is 4. The van der Waals surface area contributed by atoms with E-state index >= 15 is 0 Å². The number of hydrogen-bond donors (Lipinski definition) is 8. The molecule has 13 rings (SSSR count). The molecular weight excluding hydrogens is 1710 g/mol. The second kappa shape index (κ2) is 45.6. The maximum atomic E-state index is 13.9. The second-order valence-corrected chi connectivity index (χ2v) is 44.0. The van der Waals surface area contributed by atoms with E-state index in [0.717, 1.165) is 86.1 Å². The number of amides is 4. The Labute approximate surface area is 816 Å². The standard InChI is InChI=1S/C32H42N4O.C28H40N4O.C27H38ClN5O.C26H38N4O2/c1-22-18-27-28(32(4,5)15-14-31(27,2)3)20-26(22)21-36(17-9-8-16-35-30(33)34)29(37)25-13-12-23-10-6-7-11-24(23)19-25;1-20-17-23-24(28(4,5)14-13-27(23,2)3)18-22(20)19-32(16-10-9-15-31-26(29)30)25(33)21-11-7-6-8-12-21;1-18-14-21-22(27(4,5)11-10-26(21,2)3)15-20(18)17-33(13-7-6-12-31-25(29)30)24(34)19-8-9-23(28)32-16-19;1-18-15-20-21(26(4,5)11-10-25(20,2)3)16-19(18)17-30(13-7-6-12-29-24(27)28)23(31)22-9-8-14-32-22/h6-7,10-13,18-20H,8-9,14-17,21H2,1-5H3,(H4,33,34,35);6-8,11-12,17-18H,9-10,13-16,19H2,1-5H3,(H4,29,30,31);8-9,14-16H,6-7,10-13,17H2,1-5H3,(H4,29,30,31);8-9,14-16H,6-7,10-13,17H2,1-5H3,(H4,27,28,29).